The first kappa shape index (κ1) is 17.8. The van der Waals surface area contributed by atoms with Gasteiger partial charge in [-0.3, -0.25) is 0 Å². The van der Waals surface area contributed by atoms with Crippen LogP contribution in [0.15, 0.2) is 4.99 Å². The van der Waals surface area contributed by atoms with Crippen molar-refractivity contribution in [3.8, 4) is 0 Å². The van der Waals surface area contributed by atoms with E-state index in [1.807, 2.05) is 0 Å². The van der Waals surface area contributed by atoms with E-state index >= 15 is 0 Å². The average Bonchev–Trinajstić information content (AvgIpc) is 2.72. The average molecular weight is 320 g/mol. The van der Waals surface area contributed by atoms with Gasteiger partial charge in [0.05, 0.1) is 0 Å². The molecule has 1 aliphatic heterocycles. The summed E-state index contributed by atoms with van der Waals surface area (Å²) in [5.74, 6) is 3.30. The fourth-order valence-corrected chi connectivity index (χ4v) is 3.02. The highest BCUT2D eigenvalue weighted by Gasteiger charge is 2.14. The van der Waals surface area contributed by atoms with Gasteiger partial charge in [-0.25, -0.2) is 4.99 Å². The summed E-state index contributed by atoms with van der Waals surface area (Å²) in [6.07, 6.45) is 8.29. The molecule has 0 bridgehead atoms. The summed E-state index contributed by atoms with van der Waals surface area (Å²) in [5, 5.41) is 11.9. The Labute approximate surface area is 140 Å². The Kier molecular flexibility index (Phi) is 6.86. The smallest absolute Gasteiger partial charge is 0.189 e. The highest BCUT2D eigenvalue weighted by atomic mass is 15.3. The Morgan fingerprint density at radius 1 is 1.22 bits per heavy atom. The van der Waals surface area contributed by atoms with Crippen LogP contribution < -0.4 is 11.1 Å². The maximum atomic E-state index is 6.01. The maximum absolute atomic E-state index is 6.01. The van der Waals surface area contributed by atoms with E-state index in [0.717, 1.165) is 37.0 Å². The highest BCUT2D eigenvalue weighted by Crippen LogP contribution is 2.14. The predicted octanol–water partition coefficient (Wildman–Crippen LogP) is 2.62. The topological polar surface area (TPSA) is 81.1 Å². The van der Waals surface area contributed by atoms with E-state index in [2.05, 4.69) is 45.8 Å². The number of nitrogens with zero attached hydrogens (tertiary/aromatic N) is 4. The van der Waals surface area contributed by atoms with Gasteiger partial charge in [0.15, 0.2) is 11.8 Å². The van der Waals surface area contributed by atoms with Gasteiger partial charge in [-0.1, -0.05) is 33.1 Å². The Morgan fingerprint density at radius 3 is 2.83 bits per heavy atom. The number of aryl methyl sites for hydroxylation is 1. The normalized spacial score (nSPS) is 17.0. The Hall–Kier alpha value is -1.59. The molecule has 3 N–H and O–H groups in total. The number of fused-ring (bicyclic) bond motifs is 1. The van der Waals surface area contributed by atoms with E-state index < -0.39 is 0 Å². The number of hydrogen-bond acceptors (Lipinski definition) is 3. The maximum Gasteiger partial charge on any atom is 0.189 e. The molecule has 1 aromatic heterocycles. The third kappa shape index (κ3) is 5.84. The lowest BCUT2D eigenvalue weighted by Gasteiger charge is -2.15. The van der Waals surface area contributed by atoms with Crippen LogP contribution in [0.25, 0.3) is 0 Å². The van der Waals surface area contributed by atoms with Gasteiger partial charge in [0.2, 0.25) is 0 Å². The Morgan fingerprint density at radius 2 is 2.04 bits per heavy atom. The first-order chi connectivity index (χ1) is 11.1. The van der Waals surface area contributed by atoms with Crippen molar-refractivity contribution in [2.24, 2.45) is 16.6 Å². The van der Waals surface area contributed by atoms with Crippen LogP contribution in [-0.2, 0) is 19.5 Å². The van der Waals surface area contributed by atoms with Crippen LogP contribution >= 0.6 is 0 Å². The zero-order chi connectivity index (χ0) is 16.7. The molecule has 0 aromatic carbocycles. The van der Waals surface area contributed by atoms with Crippen LogP contribution in [0.3, 0.4) is 0 Å². The van der Waals surface area contributed by atoms with E-state index in [1.165, 1.54) is 32.1 Å². The molecule has 1 aliphatic rings. The number of aliphatic imine (C=N–C) groups is 1. The molecule has 0 spiro atoms. The van der Waals surface area contributed by atoms with Gasteiger partial charge in [-0.2, -0.15) is 0 Å². The molecule has 6 heteroatoms. The molecule has 6 nitrogen and oxygen atoms in total. The third-order valence-electron chi connectivity index (χ3n) is 4.39. The van der Waals surface area contributed by atoms with Crippen molar-refractivity contribution in [1.82, 2.24) is 20.1 Å². The fourth-order valence-electron chi connectivity index (χ4n) is 3.02. The van der Waals surface area contributed by atoms with E-state index in [9.17, 15) is 0 Å². The summed E-state index contributed by atoms with van der Waals surface area (Å²) in [7, 11) is 0. The third-order valence-corrected chi connectivity index (χ3v) is 4.39. The van der Waals surface area contributed by atoms with E-state index in [-0.39, 0.29) is 0 Å². The van der Waals surface area contributed by atoms with E-state index in [1.54, 1.807) is 0 Å². The molecule has 2 heterocycles. The second-order valence-corrected chi connectivity index (χ2v) is 7.07. The molecule has 130 valence electrons. The minimum Gasteiger partial charge on any atom is -0.370 e. The number of rotatable bonds is 7. The van der Waals surface area contributed by atoms with Gasteiger partial charge >= 0.3 is 0 Å². The number of hydrogen-bond donors (Lipinski definition) is 2. The van der Waals surface area contributed by atoms with Gasteiger partial charge in [0.1, 0.15) is 12.4 Å². The van der Waals surface area contributed by atoms with Crippen LogP contribution in [0.1, 0.15) is 70.9 Å². The molecular weight excluding hydrogens is 288 g/mol. The van der Waals surface area contributed by atoms with Gasteiger partial charge in [-0.05, 0) is 32.1 Å². The second kappa shape index (κ2) is 8.89. The van der Waals surface area contributed by atoms with Gasteiger partial charge < -0.3 is 15.6 Å². The SMILES string of the molecule is CC(C)CCCC(C)NC(N)=NCc1nnc2n1CCCCC2. The van der Waals surface area contributed by atoms with Crippen molar-refractivity contribution in [3.05, 3.63) is 11.6 Å². The lowest BCUT2D eigenvalue weighted by molar-refractivity contribution is 0.493. The molecule has 23 heavy (non-hydrogen) atoms. The molecule has 0 saturated heterocycles. The monoisotopic (exact) mass is 320 g/mol. The van der Waals surface area contributed by atoms with E-state index in [0.29, 0.717) is 18.5 Å². The molecule has 0 amide bonds. The second-order valence-electron chi connectivity index (χ2n) is 7.07. The predicted molar refractivity (Wildman–Crippen MR) is 94.2 cm³/mol. The standard InChI is InChI=1S/C17H32N6/c1-13(2)8-7-9-14(3)20-17(18)19-12-16-22-21-15-10-5-4-6-11-23(15)16/h13-14H,4-12H2,1-3H3,(H3,18,19,20). The summed E-state index contributed by atoms with van der Waals surface area (Å²) >= 11 is 0. The zero-order valence-corrected chi connectivity index (χ0v) is 14.9. The van der Waals surface area contributed by atoms with E-state index in [4.69, 9.17) is 5.73 Å². The number of aromatic nitrogens is 3. The molecule has 2 rings (SSSR count). The molecule has 1 unspecified atom stereocenters. The zero-order valence-electron chi connectivity index (χ0n) is 14.9. The number of nitrogens with two attached hydrogens (primary N) is 1. The van der Waals surface area contributed by atoms with Crippen molar-refractivity contribution < 1.29 is 0 Å². The largest absolute Gasteiger partial charge is 0.370 e. The molecule has 0 fully saturated rings. The molecular formula is C17H32N6. The first-order valence-corrected chi connectivity index (χ1v) is 9.03. The van der Waals surface area contributed by atoms with Gasteiger partial charge in [-0.15, -0.1) is 10.2 Å². The lowest BCUT2D eigenvalue weighted by atomic mass is 10.0. The molecule has 0 aliphatic carbocycles. The summed E-state index contributed by atoms with van der Waals surface area (Å²) in [4.78, 5) is 4.45. The minimum absolute atomic E-state index is 0.355. The highest BCUT2D eigenvalue weighted by molar-refractivity contribution is 5.78. The van der Waals surface area contributed by atoms with Crippen molar-refractivity contribution >= 4 is 5.96 Å². The number of nitrogens with one attached hydrogen (secondary N) is 1. The van der Waals surface area contributed by atoms with Gasteiger partial charge in [0.25, 0.3) is 0 Å². The lowest BCUT2D eigenvalue weighted by Crippen LogP contribution is -2.38. The van der Waals surface area contributed by atoms with Crippen LogP contribution in [0.4, 0.5) is 0 Å². The number of guanidine groups is 1. The van der Waals surface area contributed by atoms with Crippen LogP contribution in [0, 0.1) is 5.92 Å². The van der Waals surface area contributed by atoms with Gasteiger partial charge in [0, 0.05) is 19.0 Å². The molecule has 0 radical (unpaired) electrons. The molecule has 1 atom stereocenters. The molecule has 0 saturated carbocycles. The van der Waals surface area contributed by atoms with Crippen molar-refractivity contribution in [3.63, 3.8) is 0 Å². The van der Waals surface area contributed by atoms with Crippen molar-refractivity contribution in [1.29, 1.82) is 0 Å². The quantitative estimate of drug-likeness (QED) is 0.598. The minimum atomic E-state index is 0.355. The van der Waals surface area contributed by atoms with Crippen LogP contribution in [-0.4, -0.2) is 26.8 Å². The summed E-state index contributed by atoms with van der Waals surface area (Å²) in [5.41, 5.74) is 6.01. The Bertz CT molecular complexity index is 505. The summed E-state index contributed by atoms with van der Waals surface area (Å²) in [6, 6.07) is 0.355. The first-order valence-electron chi connectivity index (χ1n) is 9.03. The fraction of sp³-hybridized carbons (Fsp3) is 0.824. The Balaban J connectivity index is 1.81. The summed E-state index contributed by atoms with van der Waals surface area (Å²) < 4.78 is 2.22. The van der Waals surface area contributed by atoms with Crippen LogP contribution in [0.2, 0.25) is 0 Å². The van der Waals surface area contributed by atoms with Crippen molar-refractivity contribution in [2.45, 2.75) is 84.8 Å². The van der Waals surface area contributed by atoms with Crippen molar-refractivity contribution in [2.75, 3.05) is 0 Å². The summed E-state index contributed by atoms with van der Waals surface area (Å²) in [6.45, 7) is 8.19. The molecule has 1 aromatic rings. The van der Waals surface area contributed by atoms with Crippen LogP contribution in [0.5, 0.6) is 0 Å².